The van der Waals surface area contributed by atoms with Gasteiger partial charge in [0.25, 0.3) is 5.91 Å². The number of morpholine rings is 1. The topological polar surface area (TPSA) is 72.3 Å². The van der Waals surface area contributed by atoms with Crippen LogP contribution in [0.4, 0.5) is 0 Å². The molecule has 1 aliphatic rings. The molecule has 0 radical (unpaired) electrons. The summed E-state index contributed by atoms with van der Waals surface area (Å²) in [6.45, 7) is 6.73. The number of amides is 1. The summed E-state index contributed by atoms with van der Waals surface area (Å²) in [7, 11) is 1.78. The first kappa shape index (κ1) is 18.1. The number of nitrogens with zero attached hydrogens (tertiary/aromatic N) is 4. The van der Waals surface area contributed by atoms with Gasteiger partial charge in [0.05, 0.1) is 13.2 Å². The fraction of sp³-hybridized carbons (Fsp3) is 0.421. The number of ether oxygens (including phenoxy) is 1. The lowest BCUT2D eigenvalue weighted by Crippen LogP contribution is -2.41. The van der Waals surface area contributed by atoms with E-state index in [0.717, 1.165) is 38.4 Å². The number of hydrogen-bond acceptors (Lipinski definition) is 5. The van der Waals surface area contributed by atoms with E-state index in [2.05, 4.69) is 32.1 Å². The third-order valence-electron chi connectivity index (χ3n) is 4.16. The van der Waals surface area contributed by atoms with Gasteiger partial charge in [0.2, 0.25) is 0 Å². The molecule has 1 amide bonds. The van der Waals surface area contributed by atoms with Gasteiger partial charge in [-0.2, -0.15) is 5.10 Å². The number of nitrogens with one attached hydrogen (secondary N) is 1. The maximum atomic E-state index is 12.3. The molecule has 26 heavy (non-hydrogen) atoms. The van der Waals surface area contributed by atoms with Gasteiger partial charge < -0.3 is 10.1 Å². The number of rotatable bonds is 4. The Kier molecular flexibility index (Phi) is 6.00. The molecule has 0 unspecified atom stereocenters. The maximum Gasteiger partial charge on any atom is 0.271 e. The Balaban J connectivity index is 1.57. The smallest absolute Gasteiger partial charge is 0.271 e. The molecule has 136 valence electrons. The molecular weight excluding hydrogens is 330 g/mol. The Labute approximate surface area is 153 Å². The molecule has 1 saturated heterocycles. The molecule has 0 saturated carbocycles. The lowest BCUT2D eigenvalue weighted by atomic mass is 10.2. The minimum atomic E-state index is -0.185. The summed E-state index contributed by atoms with van der Waals surface area (Å²) in [6.07, 6.45) is 1.73. The Morgan fingerprint density at radius 2 is 2.12 bits per heavy atom. The van der Waals surface area contributed by atoms with Gasteiger partial charge in [-0.05, 0) is 36.5 Å². The molecule has 2 aromatic heterocycles. The lowest BCUT2D eigenvalue weighted by Gasteiger charge is -2.26. The summed E-state index contributed by atoms with van der Waals surface area (Å²) < 4.78 is 6.93. The highest BCUT2D eigenvalue weighted by Crippen LogP contribution is 2.03. The van der Waals surface area contributed by atoms with Crippen molar-refractivity contribution in [2.24, 2.45) is 7.05 Å². The van der Waals surface area contributed by atoms with Gasteiger partial charge in [-0.3, -0.25) is 14.4 Å². The van der Waals surface area contributed by atoms with E-state index >= 15 is 0 Å². The second-order valence-electron chi connectivity index (χ2n) is 6.22. The summed E-state index contributed by atoms with van der Waals surface area (Å²) in [6, 6.07) is 5.55. The van der Waals surface area contributed by atoms with Crippen LogP contribution in [0.2, 0.25) is 0 Å². The van der Waals surface area contributed by atoms with Crippen molar-refractivity contribution in [1.29, 1.82) is 0 Å². The van der Waals surface area contributed by atoms with E-state index in [0.29, 0.717) is 23.6 Å². The Hall–Kier alpha value is -2.69. The Morgan fingerprint density at radius 1 is 1.31 bits per heavy atom. The van der Waals surface area contributed by atoms with Crippen LogP contribution in [0.15, 0.2) is 24.4 Å². The van der Waals surface area contributed by atoms with Crippen molar-refractivity contribution in [3.8, 4) is 11.8 Å². The zero-order valence-corrected chi connectivity index (χ0v) is 15.2. The average molecular weight is 353 g/mol. The summed E-state index contributed by atoms with van der Waals surface area (Å²) in [5.41, 5.74) is 2.85. The van der Waals surface area contributed by atoms with Crippen LogP contribution in [-0.4, -0.2) is 65.0 Å². The van der Waals surface area contributed by atoms with Gasteiger partial charge in [-0.25, -0.2) is 4.98 Å². The number of hydrogen-bond donors (Lipinski definition) is 1. The van der Waals surface area contributed by atoms with Crippen molar-refractivity contribution >= 4 is 5.91 Å². The van der Waals surface area contributed by atoms with Crippen LogP contribution in [0.25, 0.3) is 0 Å². The molecule has 0 bridgehead atoms. The van der Waals surface area contributed by atoms with Crippen molar-refractivity contribution in [3.63, 3.8) is 0 Å². The minimum absolute atomic E-state index is 0.185. The first-order valence-corrected chi connectivity index (χ1v) is 8.69. The standard InChI is InChI=1S/C19H23N5O2/c1-15-5-6-20-16(13-15)3-4-17-14-18(22-23(17)2)19(25)21-7-8-24-9-11-26-12-10-24/h5-6,13-14H,7-12H2,1-2H3,(H,21,25). The SMILES string of the molecule is Cc1ccnc(C#Cc2cc(C(=O)NCCN3CCOCC3)nn2C)c1. The molecule has 1 N–H and O–H groups in total. The van der Waals surface area contributed by atoms with E-state index in [4.69, 9.17) is 4.74 Å². The second kappa shape index (κ2) is 8.61. The average Bonchev–Trinajstić information content (AvgIpc) is 3.02. The van der Waals surface area contributed by atoms with Gasteiger partial charge in [0, 0.05) is 45.5 Å². The first-order valence-electron chi connectivity index (χ1n) is 8.69. The lowest BCUT2D eigenvalue weighted by molar-refractivity contribution is 0.0383. The fourth-order valence-corrected chi connectivity index (χ4v) is 2.67. The molecule has 1 aliphatic heterocycles. The summed E-state index contributed by atoms with van der Waals surface area (Å²) in [5, 5.41) is 7.16. The number of pyridine rings is 1. The van der Waals surface area contributed by atoms with Crippen LogP contribution in [0.3, 0.4) is 0 Å². The van der Waals surface area contributed by atoms with Crippen molar-refractivity contribution in [2.45, 2.75) is 6.92 Å². The highest BCUT2D eigenvalue weighted by atomic mass is 16.5. The van der Waals surface area contributed by atoms with Gasteiger partial charge in [-0.1, -0.05) is 0 Å². The monoisotopic (exact) mass is 353 g/mol. The van der Waals surface area contributed by atoms with E-state index in [1.807, 2.05) is 19.1 Å². The number of aryl methyl sites for hydroxylation is 2. The largest absolute Gasteiger partial charge is 0.379 e. The molecular formula is C19H23N5O2. The van der Waals surface area contributed by atoms with Gasteiger partial charge >= 0.3 is 0 Å². The molecule has 0 aromatic carbocycles. The molecule has 0 atom stereocenters. The van der Waals surface area contributed by atoms with Crippen molar-refractivity contribution in [2.75, 3.05) is 39.4 Å². The zero-order valence-electron chi connectivity index (χ0n) is 15.2. The molecule has 2 aromatic rings. The number of carbonyl (C=O) groups is 1. The van der Waals surface area contributed by atoms with Crippen molar-refractivity contribution < 1.29 is 9.53 Å². The number of aromatic nitrogens is 3. The highest BCUT2D eigenvalue weighted by Gasteiger charge is 2.13. The van der Waals surface area contributed by atoms with Crippen LogP contribution in [-0.2, 0) is 11.8 Å². The van der Waals surface area contributed by atoms with Crippen LogP contribution >= 0.6 is 0 Å². The second-order valence-corrected chi connectivity index (χ2v) is 6.22. The van der Waals surface area contributed by atoms with E-state index in [9.17, 15) is 4.79 Å². The Morgan fingerprint density at radius 3 is 2.88 bits per heavy atom. The quantitative estimate of drug-likeness (QED) is 0.815. The Bertz CT molecular complexity index is 828. The van der Waals surface area contributed by atoms with Crippen LogP contribution < -0.4 is 5.32 Å². The van der Waals surface area contributed by atoms with E-state index < -0.39 is 0 Å². The van der Waals surface area contributed by atoms with Crippen LogP contribution in [0, 0.1) is 18.8 Å². The molecule has 7 nitrogen and oxygen atoms in total. The summed E-state index contributed by atoms with van der Waals surface area (Å²) >= 11 is 0. The third-order valence-corrected chi connectivity index (χ3v) is 4.16. The maximum absolute atomic E-state index is 12.3. The van der Waals surface area contributed by atoms with Gasteiger partial charge in [-0.15, -0.1) is 0 Å². The van der Waals surface area contributed by atoms with Crippen LogP contribution in [0.5, 0.6) is 0 Å². The highest BCUT2D eigenvalue weighted by molar-refractivity contribution is 5.92. The van der Waals surface area contributed by atoms with Crippen LogP contribution in [0.1, 0.15) is 27.4 Å². The molecule has 3 rings (SSSR count). The van der Waals surface area contributed by atoms with Gasteiger partial charge in [0.15, 0.2) is 5.69 Å². The van der Waals surface area contributed by atoms with Crippen molar-refractivity contribution in [3.05, 3.63) is 47.0 Å². The van der Waals surface area contributed by atoms with E-state index in [1.54, 1.807) is 24.0 Å². The van der Waals surface area contributed by atoms with Crippen molar-refractivity contribution in [1.82, 2.24) is 25.0 Å². The van der Waals surface area contributed by atoms with E-state index in [1.165, 1.54) is 0 Å². The zero-order chi connectivity index (χ0) is 18.4. The minimum Gasteiger partial charge on any atom is -0.379 e. The molecule has 0 aliphatic carbocycles. The fourth-order valence-electron chi connectivity index (χ4n) is 2.67. The molecule has 0 spiro atoms. The normalized spacial score (nSPS) is 14.5. The predicted octanol–water partition coefficient (Wildman–Crippen LogP) is 0.585. The van der Waals surface area contributed by atoms with Gasteiger partial charge in [0.1, 0.15) is 11.4 Å². The summed E-state index contributed by atoms with van der Waals surface area (Å²) in [5.74, 6) is 5.85. The molecule has 1 fully saturated rings. The number of carbonyl (C=O) groups excluding carboxylic acids is 1. The third kappa shape index (κ3) is 4.91. The molecule has 3 heterocycles. The summed E-state index contributed by atoms with van der Waals surface area (Å²) in [4.78, 5) is 18.8. The first-order chi connectivity index (χ1) is 12.6. The predicted molar refractivity (Wildman–Crippen MR) is 97.8 cm³/mol. The van der Waals surface area contributed by atoms with E-state index in [-0.39, 0.29) is 5.91 Å². The molecule has 7 heteroatoms.